The van der Waals surface area contributed by atoms with Crippen molar-refractivity contribution in [2.45, 2.75) is 26.2 Å². The molecule has 0 bridgehead atoms. The zero-order valence-corrected chi connectivity index (χ0v) is 14.6. The first-order chi connectivity index (χ1) is 11.4. The first kappa shape index (κ1) is 15.2. The van der Waals surface area contributed by atoms with E-state index in [0.29, 0.717) is 10.8 Å². The van der Waals surface area contributed by atoms with Crippen molar-refractivity contribution in [2.24, 2.45) is 0 Å². The molecule has 120 valence electrons. The molecule has 0 N–H and O–H groups in total. The Balaban J connectivity index is 2.16. The Morgan fingerprint density at radius 2 is 1.75 bits per heavy atom. The summed E-state index contributed by atoms with van der Waals surface area (Å²) in [4.78, 5) is 11.6. The average molecular weight is 337 g/mol. The third-order valence-electron chi connectivity index (χ3n) is 4.86. The number of ether oxygens (including phenoxy) is 1. The highest BCUT2D eigenvalue weighted by molar-refractivity contribution is 6.31. The maximum Gasteiger partial charge on any atom is 0.308 e. The Kier molecular flexibility index (Phi) is 3.23. The van der Waals surface area contributed by atoms with Crippen LogP contribution in [0.25, 0.3) is 21.9 Å². The van der Waals surface area contributed by atoms with Crippen LogP contribution in [-0.2, 0) is 10.2 Å². The summed E-state index contributed by atoms with van der Waals surface area (Å²) in [7, 11) is 0. The van der Waals surface area contributed by atoms with Crippen molar-refractivity contribution in [1.29, 1.82) is 0 Å². The van der Waals surface area contributed by atoms with Gasteiger partial charge in [-0.05, 0) is 51.9 Å². The van der Waals surface area contributed by atoms with E-state index in [-0.39, 0.29) is 11.4 Å². The van der Waals surface area contributed by atoms with Crippen molar-refractivity contribution >= 4 is 28.3 Å². The number of carbonyl (C=O) groups excluding carboxylic acids is 1. The number of hydrogen-bond acceptors (Lipinski definition) is 2. The van der Waals surface area contributed by atoms with Crippen molar-refractivity contribution in [3.63, 3.8) is 0 Å². The molecular formula is C21H17ClO2. The molecule has 0 saturated heterocycles. The molecule has 0 fully saturated rings. The number of rotatable bonds is 1. The summed E-state index contributed by atoms with van der Waals surface area (Å²) in [6, 6.07) is 16.1. The highest BCUT2D eigenvalue weighted by Gasteiger charge is 2.37. The fourth-order valence-corrected chi connectivity index (χ4v) is 3.95. The van der Waals surface area contributed by atoms with Gasteiger partial charge in [0.15, 0.2) is 0 Å². The van der Waals surface area contributed by atoms with Gasteiger partial charge in [-0.3, -0.25) is 4.79 Å². The molecule has 0 saturated carbocycles. The largest absolute Gasteiger partial charge is 0.426 e. The van der Waals surface area contributed by atoms with Crippen molar-refractivity contribution in [3.8, 4) is 16.9 Å². The predicted molar refractivity (Wildman–Crippen MR) is 97.8 cm³/mol. The average Bonchev–Trinajstić information content (AvgIpc) is 2.75. The van der Waals surface area contributed by atoms with Crippen LogP contribution in [0.15, 0.2) is 48.5 Å². The third kappa shape index (κ3) is 2.06. The summed E-state index contributed by atoms with van der Waals surface area (Å²) < 4.78 is 5.50. The second-order valence-electron chi connectivity index (χ2n) is 6.75. The molecule has 0 unspecified atom stereocenters. The number of hydrogen-bond donors (Lipinski definition) is 0. The monoisotopic (exact) mass is 336 g/mol. The molecule has 0 heterocycles. The van der Waals surface area contributed by atoms with Crippen molar-refractivity contribution < 1.29 is 9.53 Å². The fourth-order valence-electron chi connectivity index (χ4n) is 3.78. The topological polar surface area (TPSA) is 26.3 Å². The lowest BCUT2D eigenvalue weighted by Crippen LogP contribution is -2.15. The van der Waals surface area contributed by atoms with Gasteiger partial charge in [-0.2, -0.15) is 0 Å². The van der Waals surface area contributed by atoms with Gasteiger partial charge in [-0.15, -0.1) is 0 Å². The summed E-state index contributed by atoms with van der Waals surface area (Å²) >= 11 is 6.27. The van der Waals surface area contributed by atoms with Crippen LogP contribution in [0.2, 0.25) is 5.02 Å². The van der Waals surface area contributed by atoms with Crippen LogP contribution in [0, 0.1) is 0 Å². The van der Waals surface area contributed by atoms with Gasteiger partial charge in [-0.1, -0.05) is 49.7 Å². The second-order valence-corrected chi connectivity index (χ2v) is 7.19. The predicted octanol–water partition coefficient (Wildman–Crippen LogP) is 5.72. The van der Waals surface area contributed by atoms with E-state index in [1.165, 1.54) is 23.6 Å². The molecule has 2 nitrogen and oxygen atoms in total. The van der Waals surface area contributed by atoms with Crippen molar-refractivity contribution in [3.05, 3.63) is 64.7 Å². The van der Waals surface area contributed by atoms with E-state index in [1.807, 2.05) is 24.3 Å². The van der Waals surface area contributed by atoms with Crippen LogP contribution in [0.4, 0.5) is 0 Å². The number of esters is 1. The van der Waals surface area contributed by atoms with E-state index in [1.54, 1.807) is 0 Å². The van der Waals surface area contributed by atoms with E-state index >= 15 is 0 Å². The zero-order chi connectivity index (χ0) is 17.1. The van der Waals surface area contributed by atoms with E-state index in [2.05, 4.69) is 38.1 Å². The fraction of sp³-hybridized carbons (Fsp3) is 0.190. The summed E-state index contributed by atoms with van der Waals surface area (Å²) in [6.45, 7) is 5.83. The molecule has 0 aromatic heterocycles. The lowest BCUT2D eigenvalue weighted by Gasteiger charge is -2.22. The molecule has 0 amide bonds. The van der Waals surface area contributed by atoms with Crippen LogP contribution in [-0.4, -0.2) is 5.97 Å². The molecule has 0 aliphatic heterocycles. The SMILES string of the molecule is CC(=O)Oc1cc2c(c3cc(Cl)ccc13)-c1ccccc1C2(C)C. The molecule has 4 rings (SSSR count). The van der Waals surface area contributed by atoms with Gasteiger partial charge in [0.25, 0.3) is 0 Å². The molecule has 3 aromatic carbocycles. The maximum absolute atomic E-state index is 11.6. The van der Waals surface area contributed by atoms with Gasteiger partial charge in [0.05, 0.1) is 0 Å². The molecule has 24 heavy (non-hydrogen) atoms. The van der Waals surface area contributed by atoms with Gasteiger partial charge in [0.1, 0.15) is 5.75 Å². The molecule has 3 heteroatoms. The van der Waals surface area contributed by atoms with Crippen LogP contribution in [0.1, 0.15) is 31.9 Å². The van der Waals surface area contributed by atoms with E-state index in [9.17, 15) is 4.79 Å². The zero-order valence-electron chi connectivity index (χ0n) is 13.8. The Hall–Kier alpha value is -2.32. The smallest absolute Gasteiger partial charge is 0.308 e. The van der Waals surface area contributed by atoms with Crippen LogP contribution in [0.5, 0.6) is 5.75 Å². The Bertz CT molecular complexity index is 1000. The first-order valence-electron chi connectivity index (χ1n) is 7.94. The first-order valence-corrected chi connectivity index (χ1v) is 8.32. The Labute approximate surface area is 146 Å². The van der Waals surface area contributed by atoms with Crippen molar-refractivity contribution in [1.82, 2.24) is 0 Å². The summed E-state index contributed by atoms with van der Waals surface area (Å²) in [5.74, 6) is 0.272. The number of benzene rings is 3. The van der Waals surface area contributed by atoms with Gasteiger partial charge in [0.2, 0.25) is 0 Å². The molecule has 1 aliphatic rings. The normalized spacial score (nSPS) is 14.3. The van der Waals surface area contributed by atoms with Crippen LogP contribution >= 0.6 is 11.6 Å². The highest BCUT2D eigenvalue weighted by atomic mass is 35.5. The molecule has 3 aromatic rings. The molecule has 0 atom stereocenters. The standard InChI is InChI=1S/C21H17ClO2/c1-12(23)24-19-11-18-20(16-10-13(22)8-9-14(16)19)15-6-4-5-7-17(15)21(18,2)3/h4-11H,1-3H3. The number of carbonyl (C=O) groups is 1. The molecule has 1 aliphatic carbocycles. The minimum atomic E-state index is -0.320. The van der Waals surface area contributed by atoms with Crippen LogP contribution < -0.4 is 4.74 Å². The minimum Gasteiger partial charge on any atom is -0.426 e. The Morgan fingerprint density at radius 1 is 1.00 bits per heavy atom. The highest BCUT2D eigenvalue weighted by Crippen LogP contribution is 2.53. The quantitative estimate of drug-likeness (QED) is 0.419. The number of halogens is 1. The van der Waals surface area contributed by atoms with E-state index in [0.717, 1.165) is 16.3 Å². The van der Waals surface area contributed by atoms with Crippen molar-refractivity contribution in [2.75, 3.05) is 0 Å². The lowest BCUT2D eigenvalue weighted by atomic mass is 9.82. The van der Waals surface area contributed by atoms with Gasteiger partial charge >= 0.3 is 5.97 Å². The Morgan fingerprint density at radius 3 is 2.50 bits per heavy atom. The molecular weight excluding hydrogens is 320 g/mol. The third-order valence-corrected chi connectivity index (χ3v) is 5.09. The van der Waals surface area contributed by atoms with Crippen LogP contribution in [0.3, 0.4) is 0 Å². The maximum atomic E-state index is 11.6. The van der Waals surface area contributed by atoms with E-state index in [4.69, 9.17) is 16.3 Å². The lowest BCUT2D eigenvalue weighted by molar-refractivity contribution is -0.131. The summed E-state index contributed by atoms with van der Waals surface area (Å²) in [5.41, 5.74) is 4.69. The second kappa shape index (κ2) is 5.09. The summed E-state index contributed by atoms with van der Waals surface area (Å²) in [5, 5.41) is 2.60. The van der Waals surface area contributed by atoms with E-state index < -0.39 is 0 Å². The molecule has 0 radical (unpaired) electrons. The number of fused-ring (bicyclic) bond motifs is 5. The van der Waals surface area contributed by atoms with Gasteiger partial charge in [-0.25, -0.2) is 0 Å². The summed E-state index contributed by atoms with van der Waals surface area (Å²) in [6.07, 6.45) is 0. The minimum absolute atomic E-state index is 0.155. The molecule has 0 spiro atoms. The van der Waals surface area contributed by atoms with Gasteiger partial charge < -0.3 is 4.74 Å². The van der Waals surface area contributed by atoms with Gasteiger partial charge in [0, 0.05) is 22.7 Å².